The molecule has 1 atom stereocenters. The van der Waals surface area contributed by atoms with Crippen molar-refractivity contribution in [2.75, 3.05) is 25.1 Å². The van der Waals surface area contributed by atoms with Crippen LogP contribution < -0.4 is 10.1 Å². The highest BCUT2D eigenvalue weighted by atomic mass is 16.5. The zero-order valence-corrected chi connectivity index (χ0v) is 19.4. The molecule has 0 bridgehead atoms. The van der Waals surface area contributed by atoms with E-state index in [1.165, 1.54) is 17.7 Å². The number of hydrogen-bond donors (Lipinski definition) is 2. The summed E-state index contributed by atoms with van der Waals surface area (Å²) >= 11 is 0. The molecule has 7 heteroatoms. The largest absolute Gasteiger partial charge is 0.507 e. The van der Waals surface area contributed by atoms with Gasteiger partial charge in [0.2, 0.25) is 0 Å². The third-order valence-electron chi connectivity index (χ3n) is 6.51. The standard InChI is InChI=1S/C28H27N3O4/c29-15-20-13-25(32)27(26(14-20)35-17-19-5-2-1-3-6-19)28(33)31-11-9-21-7-4-8-24(23(21)16-31)30-22-10-12-34-18-22/h1-8,13-14,22,30,32H,9-12,16-18H2. The van der Waals surface area contributed by atoms with Crippen LogP contribution in [0.15, 0.2) is 60.7 Å². The number of aromatic hydroxyl groups is 1. The molecule has 7 nitrogen and oxygen atoms in total. The SMILES string of the molecule is N#Cc1cc(O)c(C(=O)N2CCc3cccc(NC4CCOC4)c3C2)c(OCc2ccccc2)c1. The molecule has 1 fully saturated rings. The second kappa shape index (κ2) is 10.1. The Balaban J connectivity index is 1.41. The maximum absolute atomic E-state index is 13.7. The molecule has 1 saturated heterocycles. The Bertz CT molecular complexity index is 1260. The Hall–Kier alpha value is -4.02. The lowest BCUT2D eigenvalue weighted by Gasteiger charge is -2.31. The first-order valence-corrected chi connectivity index (χ1v) is 11.8. The number of phenolic OH excluding ortho intramolecular Hbond substituents is 1. The number of anilines is 1. The number of benzene rings is 3. The van der Waals surface area contributed by atoms with E-state index < -0.39 is 0 Å². The van der Waals surface area contributed by atoms with Gasteiger partial charge in [-0.25, -0.2) is 0 Å². The van der Waals surface area contributed by atoms with Gasteiger partial charge in [0.1, 0.15) is 23.7 Å². The van der Waals surface area contributed by atoms with Crippen molar-refractivity contribution in [3.8, 4) is 17.6 Å². The fourth-order valence-corrected chi connectivity index (χ4v) is 4.65. The van der Waals surface area contributed by atoms with Gasteiger partial charge in [-0.05, 0) is 47.7 Å². The van der Waals surface area contributed by atoms with E-state index in [-0.39, 0.29) is 41.2 Å². The van der Waals surface area contributed by atoms with Crippen LogP contribution in [-0.4, -0.2) is 41.7 Å². The smallest absolute Gasteiger partial charge is 0.261 e. The van der Waals surface area contributed by atoms with E-state index >= 15 is 0 Å². The number of nitrogens with zero attached hydrogens (tertiary/aromatic N) is 2. The zero-order valence-electron chi connectivity index (χ0n) is 19.4. The molecule has 0 radical (unpaired) electrons. The van der Waals surface area contributed by atoms with E-state index in [1.807, 2.05) is 48.5 Å². The number of nitriles is 1. The first-order valence-electron chi connectivity index (χ1n) is 11.8. The molecule has 1 unspecified atom stereocenters. The summed E-state index contributed by atoms with van der Waals surface area (Å²) in [7, 11) is 0. The van der Waals surface area contributed by atoms with Gasteiger partial charge >= 0.3 is 0 Å². The Morgan fingerprint density at radius 1 is 1.20 bits per heavy atom. The van der Waals surface area contributed by atoms with Crippen LogP contribution in [-0.2, 0) is 24.3 Å². The summed E-state index contributed by atoms with van der Waals surface area (Å²) in [5, 5.41) is 23.7. The van der Waals surface area contributed by atoms with Gasteiger partial charge in [-0.15, -0.1) is 0 Å². The fourth-order valence-electron chi connectivity index (χ4n) is 4.65. The first kappa shape index (κ1) is 22.8. The molecule has 3 aromatic rings. The Kier molecular flexibility index (Phi) is 6.55. The highest BCUT2D eigenvalue weighted by Gasteiger charge is 2.29. The highest BCUT2D eigenvalue weighted by molar-refractivity contribution is 6.00. The molecule has 1 amide bonds. The van der Waals surface area contributed by atoms with Crippen LogP contribution >= 0.6 is 0 Å². The number of ether oxygens (including phenoxy) is 2. The molecule has 0 saturated carbocycles. The van der Waals surface area contributed by atoms with E-state index in [1.54, 1.807) is 4.90 Å². The number of phenols is 1. The van der Waals surface area contributed by atoms with Gasteiger partial charge in [-0.1, -0.05) is 42.5 Å². The van der Waals surface area contributed by atoms with Crippen LogP contribution in [0.25, 0.3) is 0 Å². The average molecular weight is 470 g/mol. The number of carbonyl (C=O) groups is 1. The highest BCUT2D eigenvalue weighted by Crippen LogP contribution is 2.34. The molecule has 0 aliphatic carbocycles. The van der Waals surface area contributed by atoms with Gasteiger partial charge in [0.15, 0.2) is 0 Å². The van der Waals surface area contributed by atoms with Crippen molar-refractivity contribution < 1.29 is 19.4 Å². The van der Waals surface area contributed by atoms with Crippen molar-refractivity contribution in [2.24, 2.45) is 0 Å². The van der Waals surface area contributed by atoms with E-state index in [2.05, 4.69) is 11.4 Å². The summed E-state index contributed by atoms with van der Waals surface area (Å²) in [5.41, 5.74) is 4.54. The maximum atomic E-state index is 13.7. The quantitative estimate of drug-likeness (QED) is 0.561. The van der Waals surface area contributed by atoms with Crippen molar-refractivity contribution in [1.29, 1.82) is 5.26 Å². The second-order valence-corrected chi connectivity index (χ2v) is 8.88. The van der Waals surface area contributed by atoms with Gasteiger partial charge in [0, 0.05) is 25.4 Å². The zero-order chi connectivity index (χ0) is 24.2. The number of amides is 1. The lowest BCUT2D eigenvalue weighted by molar-refractivity contribution is 0.0727. The van der Waals surface area contributed by atoms with Crippen molar-refractivity contribution in [2.45, 2.75) is 32.0 Å². The predicted molar refractivity (Wildman–Crippen MR) is 131 cm³/mol. The van der Waals surface area contributed by atoms with Crippen LogP contribution in [0.1, 0.15) is 39.0 Å². The Labute approximate surface area is 204 Å². The summed E-state index contributed by atoms with van der Waals surface area (Å²) in [6.45, 7) is 2.59. The number of carbonyl (C=O) groups excluding carboxylic acids is 1. The van der Waals surface area contributed by atoms with Crippen molar-refractivity contribution >= 4 is 11.6 Å². The number of nitrogens with one attached hydrogen (secondary N) is 1. The van der Waals surface area contributed by atoms with Crippen LogP contribution in [0.4, 0.5) is 5.69 Å². The summed E-state index contributed by atoms with van der Waals surface area (Å²) in [6, 6.07) is 20.8. The summed E-state index contributed by atoms with van der Waals surface area (Å²) < 4.78 is 11.5. The molecular formula is C28H27N3O4. The van der Waals surface area contributed by atoms with E-state index in [9.17, 15) is 15.2 Å². The van der Waals surface area contributed by atoms with E-state index in [0.717, 1.165) is 36.3 Å². The molecule has 0 aromatic heterocycles. The minimum absolute atomic E-state index is 0.0815. The van der Waals surface area contributed by atoms with Crippen molar-refractivity contribution in [1.82, 2.24) is 4.90 Å². The Morgan fingerprint density at radius 2 is 2.06 bits per heavy atom. The molecular weight excluding hydrogens is 442 g/mol. The van der Waals surface area contributed by atoms with Gasteiger partial charge in [0.05, 0.1) is 24.3 Å². The molecule has 35 heavy (non-hydrogen) atoms. The number of fused-ring (bicyclic) bond motifs is 1. The van der Waals surface area contributed by atoms with Crippen LogP contribution in [0, 0.1) is 11.3 Å². The summed E-state index contributed by atoms with van der Waals surface area (Å²) in [4.78, 5) is 15.4. The van der Waals surface area contributed by atoms with Gasteiger partial charge < -0.3 is 24.8 Å². The van der Waals surface area contributed by atoms with Gasteiger partial charge in [-0.2, -0.15) is 5.26 Å². The molecule has 2 aliphatic heterocycles. The molecule has 3 aromatic carbocycles. The van der Waals surface area contributed by atoms with Gasteiger partial charge in [-0.3, -0.25) is 4.79 Å². The number of hydrogen-bond acceptors (Lipinski definition) is 6. The first-order chi connectivity index (χ1) is 17.1. The number of rotatable bonds is 6. The summed E-state index contributed by atoms with van der Waals surface area (Å²) in [6.07, 6.45) is 1.67. The second-order valence-electron chi connectivity index (χ2n) is 8.88. The van der Waals surface area contributed by atoms with Crippen LogP contribution in [0.5, 0.6) is 11.5 Å². The lowest BCUT2D eigenvalue weighted by atomic mass is 9.96. The van der Waals surface area contributed by atoms with Crippen LogP contribution in [0.2, 0.25) is 0 Å². The molecule has 5 rings (SSSR count). The minimum atomic E-state index is -0.320. The third-order valence-corrected chi connectivity index (χ3v) is 6.51. The Morgan fingerprint density at radius 3 is 2.83 bits per heavy atom. The predicted octanol–water partition coefficient (Wildman–Crippen LogP) is 4.24. The van der Waals surface area contributed by atoms with E-state index in [4.69, 9.17) is 9.47 Å². The minimum Gasteiger partial charge on any atom is -0.507 e. The lowest BCUT2D eigenvalue weighted by Crippen LogP contribution is -2.37. The third kappa shape index (κ3) is 4.93. The monoisotopic (exact) mass is 469 g/mol. The van der Waals surface area contributed by atoms with Crippen molar-refractivity contribution in [3.05, 3.63) is 88.5 Å². The summed E-state index contributed by atoms with van der Waals surface area (Å²) in [5.74, 6) is -0.368. The average Bonchev–Trinajstić information content (AvgIpc) is 3.40. The molecule has 2 N–H and O–H groups in total. The molecule has 0 spiro atoms. The van der Waals surface area contributed by atoms with Crippen LogP contribution in [0.3, 0.4) is 0 Å². The topological polar surface area (TPSA) is 94.8 Å². The van der Waals surface area contributed by atoms with Crippen molar-refractivity contribution in [3.63, 3.8) is 0 Å². The molecule has 2 heterocycles. The molecule has 2 aliphatic rings. The van der Waals surface area contributed by atoms with Gasteiger partial charge in [0.25, 0.3) is 5.91 Å². The molecule has 178 valence electrons. The normalized spacial score (nSPS) is 16.9. The maximum Gasteiger partial charge on any atom is 0.261 e. The van der Waals surface area contributed by atoms with E-state index in [0.29, 0.717) is 19.7 Å². The fraction of sp³-hybridized carbons (Fsp3) is 0.286.